The van der Waals surface area contributed by atoms with Gasteiger partial charge in [0.1, 0.15) is 5.54 Å². The first kappa shape index (κ1) is 13.1. The minimum absolute atomic E-state index is 0.238. The van der Waals surface area contributed by atoms with Crippen LogP contribution in [-0.4, -0.2) is 32.7 Å². The highest BCUT2D eigenvalue weighted by Crippen LogP contribution is 2.35. The molecule has 100 valence electrons. The van der Waals surface area contributed by atoms with E-state index in [2.05, 4.69) is 17.2 Å². The molecule has 0 aromatic carbocycles. The van der Waals surface area contributed by atoms with Gasteiger partial charge in [-0.2, -0.15) is 0 Å². The van der Waals surface area contributed by atoms with Gasteiger partial charge in [-0.1, -0.05) is 6.92 Å². The highest BCUT2D eigenvalue weighted by Gasteiger charge is 2.42. The summed E-state index contributed by atoms with van der Waals surface area (Å²) in [6.07, 6.45) is 9.71. The van der Waals surface area contributed by atoms with E-state index >= 15 is 0 Å². The zero-order valence-corrected chi connectivity index (χ0v) is 10.8. The van der Waals surface area contributed by atoms with Gasteiger partial charge in [0, 0.05) is 18.4 Å². The second-order valence-corrected chi connectivity index (χ2v) is 5.07. The van der Waals surface area contributed by atoms with Gasteiger partial charge < -0.3 is 15.0 Å². The van der Waals surface area contributed by atoms with Gasteiger partial charge in [-0.25, -0.2) is 4.98 Å². The number of nitrogens with one attached hydrogen (secondary N) is 1. The van der Waals surface area contributed by atoms with Crippen molar-refractivity contribution < 1.29 is 9.90 Å². The number of imidazole rings is 1. The molecule has 18 heavy (non-hydrogen) atoms. The zero-order chi connectivity index (χ0) is 13.0. The molecule has 1 fully saturated rings. The maximum absolute atomic E-state index is 11.6. The van der Waals surface area contributed by atoms with Crippen LogP contribution in [0.3, 0.4) is 0 Å². The SMILES string of the molecule is CCCNC1(C(=O)O)CCCC(n2ccnc2)C1. The quantitative estimate of drug-likeness (QED) is 0.837. The maximum Gasteiger partial charge on any atom is 0.323 e. The van der Waals surface area contributed by atoms with Crippen LogP contribution in [0, 0.1) is 0 Å². The molecule has 1 aromatic heterocycles. The van der Waals surface area contributed by atoms with Gasteiger partial charge in [0.25, 0.3) is 0 Å². The Balaban J connectivity index is 2.13. The lowest BCUT2D eigenvalue weighted by atomic mass is 9.78. The Morgan fingerprint density at radius 2 is 2.50 bits per heavy atom. The minimum atomic E-state index is -0.761. The van der Waals surface area contributed by atoms with Crippen LogP contribution in [0.5, 0.6) is 0 Å². The van der Waals surface area contributed by atoms with E-state index in [1.807, 2.05) is 10.8 Å². The molecule has 1 aliphatic rings. The standard InChI is InChI=1S/C13H21N3O2/c1-2-6-15-13(12(17)18)5-3-4-11(9-13)16-8-7-14-10-16/h7-8,10-11,15H,2-6,9H2,1H3,(H,17,18). The first-order valence-corrected chi connectivity index (χ1v) is 6.64. The lowest BCUT2D eigenvalue weighted by Crippen LogP contribution is -2.55. The monoisotopic (exact) mass is 251 g/mol. The third kappa shape index (κ3) is 2.56. The van der Waals surface area contributed by atoms with Crippen LogP contribution in [0.25, 0.3) is 0 Å². The van der Waals surface area contributed by atoms with Gasteiger partial charge in [0.05, 0.1) is 6.33 Å². The summed E-state index contributed by atoms with van der Waals surface area (Å²) >= 11 is 0. The van der Waals surface area contributed by atoms with Crippen molar-refractivity contribution in [2.24, 2.45) is 0 Å². The van der Waals surface area contributed by atoms with Crippen molar-refractivity contribution in [3.05, 3.63) is 18.7 Å². The maximum atomic E-state index is 11.6. The molecule has 5 heteroatoms. The molecule has 1 aliphatic carbocycles. The Labute approximate surface area is 107 Å². The van der Waals surface area contributed by atoms with Gasteiger partial charge >= 0.3 is 5.97 Å². The second kappa shape index (κ2) is 5.52. The van der Waals surface area contributed by atoms with E-state index in [4.69, 9.17) is 0 Å². The first-order chi connectivity index (χ1) is 8.68. The molecule has 2 unspecified atom stereocenters. The van der Waals surface area contributed by atoms with E-state index in [1.54, 1.807) is 12.5 Å². The molecule has 1 saturated carbocycles. The van der Waals surface area contributed by atoms with E-state index in [9.17, 15) is 9.90 Å². The van der Waals surface area contributed by atoms with Crippen molar-refractivity contribution in [2.75, 3.05) is 6.54 Å². The fourth-order valence-electron chi connectivity index (χ4n) is 2.78. The summed E-state index contributed by atoms with van der Waals surface area (Å²) in [7, 11) is 0. The van der Waals surface area contributed by atoms with Crippen molar-refractivity contribution in [1.82, 2.24) is 14.9 Å². The van der Waals surface area contributed by atoms with Gasteiger partial charge in [-0.05, 0) is 38.6 Å². The number of carboxylic acid groups (broad SMARTS) is 1. The predicted molar refractivity (Wildman–Crippen MR) is 68.4 cm³/mol. The van der Waals surface area contributed by atoms with Crippen LogP contribution in [0.1, 0.15) is 45.1 Å². The van der Waals surface area contributed by atoms with Gasteiger partial charge in [-0.3, -0.25) is 4.79 Å². The summed E-state index contributed by atoms with van der Waals surface area (Å²) in [5.74, 6) is -0.722. The molecule has 0 saturated heterocycles. The number of hydrogen-bond donors (Lipinski definition) is 2. The normalized spacial score (nSPS) is 28.2. The predicted octanol–water partition coefficient (Wildman–Crippen LogP) is 1.82. The molecule has 0 radical (unpaired) electrons. The van der Waals surface area contributed by atoms with Crippen LogP contribution >= 0.6 is 0 Å². The number of aliphatic carboxylic acids is 1. The Bertz CT molecular complexity index is 391. The van der Waals surface area contributed by atoms with Gasteiger partial charge in [-0.15, -0.1) is 0 Å². The fourth-order valence-corrected chi connectivity index (χ4v) is 2.78. The Hall–Kier alpha value is -1.36. The van der Waals surface area contributed by atoms with E-state index in [0.29, 0.717) is 12.8 Å². The lowest BCUT2D eigenvalue weighted by Gasteiger charge is -2.38. The Kier molecular flexibility index (Phi) is 4.01. The van der Waals surface area contributed by atoms with Crippen LogP contribution in [0.2, 0.25) is 0 Å². The van der Waals surface area contributed by atoms with E-state index in [0.717, 1.165) is 25.8 Å². The van der Waals surface area contributed by atoms with Crippen molar-refractivity contribution in [2.45, 2.75) is 50.6 Å². The van der Waals surface area contributed by atoms with Crippen LogP contribution < -0.4 is 5.32 Å². The van der Waals surface area contributed by atoms with Crippen LogP contribution in [0.4, 0.5) is 0 Å². The van der Waals surface area contributed by atoms with Crippen LogP contribution in [0.15, 0.2) is 18.7 Å². The summed E-state index contributed by atoms with van der Waals surface area (Å²) in [6, 6.07) is 0.238. The molecule has 0 amide bonds. The topological polar surface area (TPSA) is 67.2 Å². The lowest BCUT2D eigenvalue weighted by molar-refractivity contribution is -0.147. The highest BCUT2D eigenvalue weighted by atomic mass is 16.4. The van der Waals surface area contributed by atoms with E-state index in [-0.39, 0.29) is 6.04 Å². The molecular formula is C13H21N3O2. The smallest absolute Gasteiger partial charge is 0.323 e. The first-order valence-electron chi connectivity index (χ1n) is 6.64. The molecule has 2 atom stereocenters. The van der Waals surface area contributed by atoms with Crippen molar-refractivity contribution in [3.8, 4) is 0 Å². The number of carboxylic acids is 1. The number of carbonyl (C=O) groups is 1. The third-order valence-corrected chi connectivity index (χ3v) is 3.79. The molecule has 0 bridgehead atoms. The average molecular weight is 251 g/mol. The highest BCUT2D eigenvalue weighted by molar-refractivity contribution is 5.79. The summed E-state index contributed by atoms with van der Waals surface area (Å²) in [5.41, 5.74) is -0.761. The van der Waals surface area contributed by atoms with E-state index < -0.39 is 11.5 Å². The summed E-state index contributed by atoms with van der Waals surface area (Å²) in [4.78, 5) is 15.7. The third-order valence-electron chi connectivity index (χ3n) is 3.79. The number of aromatic nitrogens is 2. The zero-order valence-electron chi connectivity index (χ0n) is 10.8. The Morgan fingerprint density at radius 1 is 1.67 bits per heavy atom. The van der Waals surface area contributed by atoms with Gasteiger partial charge in [0.15, 0.2) is 0 Å². The summed E-state index contributed by atoms with van der Waals surface area (Å²) < 4.78 is 2.03. The summed E-state index contributed by atoms with van der Waals surface area (Å²) in [5, 5.41) is 12.8. The molecule has 0 spiro atoms. The molecule has 0 aliphatic heterocycles. The van der Waals surface area contributed by atoms with Crippen molar-refractivity contribution >= 4 is 5.97 Å². The molecule has 2 rings (SSSR count). The largest absolute Gasteiger partial charge is 0.480 e. The molecular weight excluding hydrogens is 230 g/mol. The van der Waals surface area contributed by atoms with E-state index in [1.165, 1.54) is 0 Å². The molecule has 5 nitrogen and oxygen atoms in total. The van der Waals surface area contributed by atoms with Gasteiger partial charge in [0.2, 0.25) is 0 Å². The second-order valence-electron chi connectivity index (χ2n) is 5.07. The molecule has 1 aromatic rings. The molecule has 2 N–H and O–H groups in total. The fraction of sp³-hybridized carbons (Fsp3) is 0.692. The van der Waals surface area contributed by atoms with Crippen molar-refractivity contribution in [3.63, 3.8) is 0 Å². The molecule has 1 heterocycles. The average Bonchev–Trinajstić information content (AvgIpc) is 2.90. The number of nitrogens with zero attached hydrogens (tertiary/aromatic N) is 2. The van der Waals surface area contributed by atoms with Crippen LogP contribution in [-0.2, 0) is 4.79 Å². The minimum Gasteiger partial charge on any atom is -0.480 e. The number of hydrogen-bond acceptors (Lipinski definition) is 3. The Morgan fingerprint density at radius 3 is 3.11 bits per heavy atom. The number of rotatable bonds is 5. The van der Waals surface area contributed by atoms with Crippen molar-refractivity contribution in [1.29, 1.82) is 0 Å². The summed E-state index contributed by atoms with van der Waals surface area (Å²) in [6.45, 7) is 2.81.